The summed E-state index contributed by atoms with van der Waals surface area (Å²) in [6.45, 7) is 7.14. The number of rotatable bonds is 3. The second-order valence-electron chi connectivity index (χ2n) is 6.57. The lowest BCUT2D eigenvalue weighted by atomic mass is 9.93. The van der Waals surface area contributed by atoms with Crippen LogP contribution in [0.15, 0.2) is 25.0 Å². The Balaban J connectivity index is 1.77. The topological polar surface area (TPSA) is 76.8 Å². The molecule has 1 atom stereocenters. The van der Waals surface area contributed by atoms with Gasteiger partial charge in [0.1, 0.15) is 18.2 Å². The van der Waals surface area contributed by atoms with Crippen molar-refractivity contribution in [1.29, 1.82) is 0 Å². The van der Waals surface area contributed by atoms with Gasteiger partial charge in [0.2, 0.25) is 5.91 Å². The first-order valence-electron chi connectivity index (χ1n) is 7.91. The third-order valence-electron chi connectivity index (χ3n) is 4.42. The lowest BCUT2D eigenvalue weighted by molar-refractivity contribution is -0.141. The fraction of sp³-hybridized carbons (Fsp3) is 0.562. The molecular weight excluding hydrogens is 292 g/mol. The minimum Gasteiger partial charge on any atom is -0.340 e. The highest BCUT2D eigenvalue weighted by Crippen LogP contribution is 2.28. The van der Waals surface area contributed by atoms with E-state index in [0.717, 1.165) is 30.8 Å². The van der Waals surface area contributed by atoms with Crippen molar-refractivity contribution in [2.45, 2.75) is 45.1 Å². The third-order valence-corrected chi connectivity index (χ3v) is 4.42. The number of aryl methyl sites for hydroxylation is 1. The minimum atomic E-state index is -0.739. The molecule has 0 unspecified atom stereocenters. The lowest BCUT2D eigenvalue weighted by Crippen LogP contribution is -2.50. The average molecular weight is 314 g/mol. The van der Waals surface area contributed by atoms with Gasteiger partial charge in [0.05, 0.1) is 11.4 Å². The van der Waals surface area contributed by atoms with Gasteiger partial charge in [-0.1, -0.05) is 0 Å². The van der Waals surface area contributed by atoms with Gasteiger partial charge in [-0.15, -0.1) is 0 Å². The summed E-state index contributed by atoms with van der Waals surface area (Å²) in [6, 6.07) is 0. The van der Waals surface area contributed by atoms with E-state index in [0.29, 0.717) is 6.54 Å². The Morgan fingerprint density at radius 3 is 2.83 bits per heavy atom. The molecule has 3 heterocycles. The summed E-state index contributed by atoms with van der Waals surface area (Å²) in [7, 11) is 0. The van der Waals surface area contributed by atoms with E-state index in [1.54, 1.807) is 17.2 Å². The van der Waals surface area contributed by atoms with Crippen molar-refractivity contribution in [2.24, 2.45) is 0 Å². The molecule has 23 heavy (non-hydrogen) atoms. The van der Waals surface area contributed by atoms with Crippen molar-refractivity contribution in [3.63, 3.8) is 0 Å². The number of piperidine rings is 1. The SMILES string of the molecule is Cc1cncc([C@H]2CCCN(C(=O)C(C)(C)n3cncn3)C2)n1. The highest BCUT2D eigenvalue weighted by molar-refractivity contribution is 5.83. The van der Waals surface area contributed by atoms with Gasteiger partial charge in [-0.2, -0.15) is 5.10 Å². The molecule has 0 bridgehead atoms. The van der Waals surface area contributed by atoms with Crippen LogP contribution in [-0.4, -0.2) is 48.6 Å². The van der Waals surface area contributed by atoms with Crippen LogP contribution >= 0.6 is 0 Å². The van der Waals surface area contributed by atoms with E-state index in [2.05, 4.69) is 20.1 Å². The molecule has 0 spiro atoms. The molecule has 7 nitrogen and oxygen atoms in total. The third kappa shape index (κ3) is 3.09. The van der Waals surface area contributed by atoms with E-state index >= 15 is 0 Å². The highest BCUT2D eigenvalue weighted by atomic mass is 16.2. The molecule has 0 radical (unpaired) electrons. The number of carbonyl (C=O) groups is 1. The zero-order chi connectivity index (χ0) is 16.4. The van der Waals surface area contributed by atoms with Gasteiger partial charge in [-0.05, 0) is 33.6 Å². The number of likely N-dealkylation sites (tertiary alicyclic amines) is 1. The maximum absolute atomic E-state index is 13.0. The molecule has 1 aliphatic rings. The Bertz CT molecular complexity index is 682. The monoisotopic (exact) mass is 314 g/mol. The zero-order valence-electron chi connectivity index (χ0n) is 13.8. The summed E-state index contributed by atoms with van der Waals surface area (Å²) in [4.78, 5) is 27.6. The molecule has 7 heteroatoms. The van der Waals surface area contributed by atoms with Crippen LogP contribution in [-0.2, 0) is 10.3 Å². The fourth-order valence-corrected chi connectivity index (χ4v) is 3.06. The molecule has 0 N–H and O–H groups in total. The van der Waals surface area contributed by atoms with Crippen molar-refractivity contribution in [3.8, 4) is 0 Å². The maximum atomic E-state index is 13.0. The molecule has 1 amide bonds. The molecule has 2 aromatic heterocycles. The Hall–Kier alpha value is -2.31. The van der Waals surface area contributed by atoms with Crippen molar-refractivity contribution < 1.29 is 4.79 Å². The van der Waals surface area contributed by atoms with Crippen molar-refractivity contribution in [1.82, 2.24) is 29.6 Å². The first kappa shape index (κ1) is 15.6. The van der Waals surface area contributed by atoms with Gasteiger partial charge in [0.25, 0.3) is 0 Å². The number of carbonyl (C=O) groups excluding carboxylic acids is 1. The normalized spacial score (nSPS) is 18.9. The summed E-state index contributed by atoms with van der Waals surface area (Å²) in [6.07, 6.45) is 8.62. The van der Waals surface area contributed by atoms with Gasteiger partial charge < -0.3 is 4.90 Å². The predicted molar refractivity (Wildman–Crippen MR) is 84.7 cm³/mol. The molecule has 0 aromatic carbocycles. The lowest BCUT2D eigenvalue weighted by Gasteiger charge is -2.37. The molecule has 1 fully saturated rings. The Morgan fingerprint density at radius 1 is 1.30 bits per heavy atom. The highest BCUT2D eigenvalue weighted by Gasteiger charge is 2.37. The molecule has 0 aliphatic carbocycles. The van der Waals surface area contributed by atoms with Crippen molar-refractivity contribution in [2.75, 3.05) is 13.1 Å². The van der Waals surface area contributed by atoms with Crippen LogP contribution in [0.2, 0.25) is 0 Å². The molecule has 0 saturated carbocycles. The molecule has 2 aromatic rings. The Kier molecular flexibility index (Phi) is 4.11. The largest absolute Gasteiger partial charge is 0.340 e. The molecular formula is C16H22N6O. The van der Waals surface area contributed by atoms with Crippen LogP contribution in [0.25, 0.3) is 0 Å². The van der Waals surface area contributed by atoms with Crippen molar-refractivity contribution in [3.05, 3.63) is 36.4 Å². The van der Waals surface area contributed by atoms with E-state index < -0.39 is 5.54 Å². The van der Waals surface area contributed by atoms with Crippen molar-refractivity contribution >= 4 is 5.91 Å². The van der Waals surface area contributed by atoms with Gasteiger partial charge in [-0.25, -0.2) is 9.67 Å². The number of amides is 1. The van der Waals surface area contributed by atoms with Crippen LogP contribution in [0.4, 0.5) is 0 Å². The Morgan fingerprint density at radius 2 is 2.13 bits per heavy atom. The number of hydrogen-bond donors (Lipinski definition) is 0. The number of aromatic nitrogens is 5. The van der Waals surface area contributed by atoms with E-state index in [9.17, 15) is 4.79 Å². The Labute approximate surface area is 135 Å². The second kappa shape index (κ2) is 6.06. The average Bonchev–Trinajstić information content (AvgIpc) is 3.09. The zero-order valence-corrected chi connectivity index (χ0v) is 13.8. The maximum Gasteiger partial charge on any atom is 0.250 e. The summed E-state index contributed by atoms with van der Waals surface area (Å²) >= 11 is 0. The van der Waals surface area contributed by atoms with Gasteiger partial charge in [0.15, 0.2) is 0 Å². The quantitative estimate of drug-likeness (QED) is 0.858. The molecule has 1 aliphatic heterocycles. The first-order chi connectivity index (χ1) is 11.0. The van der Waals surface area contributed by atoms with Crippen LogP contribution in [0, 0.1) is 6.92 Å². The molecule has 122 valence electrons. The van der Waals surface area contributed by atoms with E-state index in [-0.39, 0.29) is 11.8 Å². The van der Waals surface area contributed by atoms with E-state index in [4.69, 9.17) is 0 Å². The van der Waals surface area contributed by atoms with Crippen LogP contribution < -0.4 is 0 Å². The van der Waals surface area contributed by atoms with Crippen LogP contribution in [0.3, 0.4) is 0 Å². The second-order valence-corrected chi connectivity index (χ2v) is 6.57. The van der Waals surface area contributed by atoms with Crippen LogP contribution in [0.1, 0.15) is 44.0 Å². The summed E-state index contributed by atoms with van der Waals surface area (Å²) in [5.74, 6) is 0.306. The first-order valence-corrected chi connectivity index (χ1v) is 7.91. The van der Waals surface area contributed by atoms with Gasteiger partial charge in [-0.3, -0.25) is 14.8 Å². The fourth-order valence-electron chi connectivity index (χ4n) is 3.06. The number of nitrogens with zero attached hydrogens (tertiary/aromatic N) is 6. The smallest absolute Gasteiger partial charge is 0.250 e. The summed E-state index contributed by atoms with van der Waals surface area (Å²) in [5.41, 5.74) is 1.14. The van der Waals surface area contributed by atoms with Gasteiger partial charge >= 0.3 is 0 Å². The van der Waals surface area contributed by atoms with Crippen LogP contribution in [0.5, 0.6) is 0 Å². The summed E-state index contributed by atoms with van der Waals surface area (Å²) in [5, 5.41) is 4.13. The van der Waals surface area contributed by atoms with E-state index in [1.807, 2.05) is 31.9 Å². The van der Waals surface area contributed by atoms with E-state index in [1.165, 1.54) is 6.33 Å². The molecule has 3 rings (SSSR count). The number of hydrogen-bond acceptors (Lipinski definition) is 5. The van der Waals surface area contributed by atoms with Gasteiger partial charge in [0, 0.05) is 31.4 Å². The molecule has 1 saturated heterocycles. The standard InChI is InChI=1S/C16H22N6O/c1-12-7-17-8-14(20-12)13-5-4-6-21(9-13)15(23)16(2,3)22-11-18-10-19-22/h7-8,10-11,13H,4-6,9H2,1-3H3/t13-/m0/s1. The predicted octanol–water partition coefficient (Wildman–Crippen LogP) is 1.52. The minimum absolute atomic E-state index is 0.0633. The summed E-state index contributed by atoms with van der Waals surface area (Å²) < 4.78 is 1.62.